The van der Waals surface area contributed by atoms with Gasteiger partial charge in [-0.1, -0.05) is 17.7 Å². The lowest BCUT2D eigenvalue weighted by molar-refractivity contribution is 0.0918. The molecule has 124 valence electrons. The first-order chi connectivity index (χ1) is 11.6. The summed E-state index contributed by atoms with van der Waals surface area (Å²) < 4.78 is 12.8. The Balaban J connectivity index is 1.54. The summed E-state index contributed by atoms with van der Waals surface area (Å²) in [4.78, 5) is 12.1. The Hall–Kier alpha value is -2.73. The van der Waals surface area contributed by atoms with E-state index >= 15 is 0 Å². The first-order valence-electron chi connectivity index (χ1n) is 7.34. The number of carbonyl (C=O) groups is 1. The minimum Gasteiger partial charge on any atom is -0.486 e. The molecule has 0 aliphatic heterocycles. The van der Waals surface area contributed by atoms with Crippen LogP contribution in [0.5, 0.6) is 5.75 Å². The van der Waals surface area contributed by atoms with Gasteiger partial charge >= 0.3 is 0 Å². The van der Waals surface area contributed by atoms with E-state index in [0.717, 1.165) is 5.69 Å². The van der Waals surface area contributed by atoms with Gasteiger partial charge < -0.3 is 14.5 Å². The number of nitrogens with zero attached hydrogens (tertiary/aromatic N) is 2. The predicted molar refractivity (Wildman–Crippen MR) is 88.9 cm³/mol. The SMILES string of the molecule is Cn1nccc1CNC(=O)c1ccc(COc2cccc(Cl)c2)o1. The van der Waals surface area contributed by atoms with Crippen molar-refractivity contribution in [3.8, 4) is 5.75 Å². The summed E-state index contributed by atoms with van der Waals surface area (Å²) in [5.41, 5.74) is 0.902. The maximum Gasteiger partial charge on any atom is 0.287 e. The Labute approximate surface area is 144 Å². The van der Waals surface area contributed by atoms with Crippen molar-refractivity contribution in [3.63, 3.8) is 0 Å². The first kappa shape index (κ1) is 16.1. The number of furan rings is 1. The molecule has 3 aromatic rings. The van der Waals surface area contributed by atoms with Gasteiger partial charge in [0.05, 0.1) is 12.2 Å². The standard InChI is InChI=1S/C17H16ClN3O3/c1-21-13(7-8-20-21)10-19-17(22)16-6-5-15(24-16)11-23-14-4-2-3-12(18)9-14/h2-9H,10-11H2,1H3,(H,19,22). The number of amides is 1. The quantitative estimate of drug-likeness (QED) is 0.745. The Morgan fingerprint density at radius 3 is 2.96 bits per heavy atom. The van der Waals surface area contributed by atoms with E-state index in [1.807, 2.05) is 13.1 Å². The van der Waals surface area contributed by atoms with Gasteiger partial charge in [-0.15, -0.1) is 0 Å². The molecule has 0 saturated carbocycles. The van der Waals surface area contributed by atoms with Crippen molar-refractivity contribution < 1.29 is 13.9 Å². The second-order valence-corrected chi connectivity index (χ2v) is 5.58. The number of ether oxygens (including phenoxy) is 1. The Morgan fingerprint density at radius 1 is 1.33 bits per heavy atom. The molecule has 0 saturated heterocycles. The number of halogens is 1. The van der Waals surface area contributed by atoms with Gasteiger partial charge in [0.1, 0.15) is 18.1 Å². The molecule has 1 amide bonds. The Morgan fingerprint density at radius 2 is 2.21 bits per heavy atom. The lowest BCUT2D eigenvalue weighted by atomic mass is 10.3. The monoisotopic (exact) mass is 345 g/mol. The fraction of sp³-hybridized carbons (Fsp3) is 0.176. The first-order valence-corrected chi connectivity index (χ1v) is 7.72. The molecular weight excluding hydrogens is 330 g/mol. The fourth-order valence-electron chi connectivity index (χ4n) is 2.12. The summed E-state index contributed by atoms with van der Waals surface area (Å²) >= 11 is 5.90. The number of hydrogen-bond acceptors (Lipinski definition) is 4. The molecule has 0 radical (unpaired) electrons. The molecular formula is C17H16ClN3O3. The lowest BCUT2D eigenvalue weighted by Gasteiger charge is -2.05. The second-order valence-electron chi connectivity index (χ2n) is 5.14. The van der Waals surface area contributed by atoms with Crippen molar-refractivity contribution in [3.05, 3.63) is 70.9 Å². The number of benzene rings is 1. The van der Waals surface area contributed by atoms with E-state index in [4.69, 9.17) is 20.8 Å². The zero-order chi connectivity index (χ0) is 16.9. The van der Waals surface area contributed by atoms with Crippen molar-refractivity contribution in [2.45, 2.75) is 13.2 Å². The third-order valence-corrected chi connectivity index (χ3v) is 3.65. The van der Waals surface area contributed by atoms with Crippen LogP contribution in [0.25, 0.3) is 0 Å². The summed E-state index contributed by atoms with van der Waals surface area (Å²) in [6.45, 7) is 0.597. The third kappa shape index (κ3) is 3.97. The van der Waals surface area contributed by atoms with Crippen LogP contribution in [0.15, 0.2) is 53.1 Å². The van der Waals surface area contributed by atoms with Crippen LogP contribution >= 0.6 is 11.6 Å². The van der Waals surface area contributed by atoms with Gasteiger partial charge in [0, 0.05) is 18.3 Å². The maximum absolute atomic E-state index is 12.1. The van der Waals surface area contributed by atoms with Crippen molar-refractivity contribution in [2.75, 3.05) is 0 Å². The molecule has 0 spiro atoms. The minimum absolute atomic E-state index is 0.218. The molecule has 7 heteroatoms. The summed E-state index contributed by atoms with van der Waals surface area (Å²) in [6.07, 6.45) is 1.68. The van der Waals surface area contributed by atoms with E-state index in [0.29, 0.717) is 23.1 Å². The molecule has 2 heterocycles. The Kier molecular flexibility index (Phi) is 4.86. The van der Waals surface area contributed by atoms with Crippen LogP contribution < -0.4 is 10.1 Å². The van der Waals surface area contributed by atoms with Crippen LogP contribution in [-0.4, -0.2) is 15.7 Å². The highest BCUT2D eigenvalue weighted by Gasteiger charge is 2.12. The second kappa shape index (κ2) is 7.23. The molecule has 2 aromatic heterocycles. The van der Waals surface area contributed by atoms with Crippen LogP contribution in [0.2, 0.25) is 5.02 Å². The van der Waals surface area contributed by atoms with E-state index in [1.54, 1.807) is 47.3 Å². The fourth-order valence-corrected chi connectivity index (χ4v) is 2.30. The Bertz CT molecular complexity index is 841. The predicted octanol–water partition coefficient (Wildman–Crippen LogP) is 3.18. The number of rotatable bonds is 6. The summed E-state index contributed by atoms with van der Waals surface area (Å²) in [5, 5.41) is 7.43. The maximum atomic E-state index is 12.1. The lowest BCUT2D eigenvalue weighted by Crippen LogP contribution is -2.23. The highest BCUT2D eigenvalue weighted by atomic mass is 35.5. The molecule has 0 atom stereocenters. The number of hydrogen-bond donors (Lipinski definition) is 1. The van der Waals surface area contributed by atoms with Crippen LogP contribution in [0.4, 0.5) is 0 Å². The zero-order valence-corrected chi connectivity index (χ0v) is 13.8. The average Bonchev–Trinajstić information content (AvgIpc) is 3.20. The smallest absolute Gasteiger partial charge is 0.287 e. The minimum atomic E-state index is -0.287. The van der Waals surface area contributed by atoms with Crippen molar-refractivity contribution in [2.24, 2.45) is 7.05 Å². The third-order valence-electron chi connectivity index (χ3n) is 3.42. The number of aromatic nitrogens is 2. The van der Waals surface area contributed by atoms with Gasteiger partial charge in [0.2, 0.25) is 0 Å². The van der Waals surface area contributed by atoms with Gasteiger partial charge in [0.25, 0.3) is 5.91 Å². The number of carbonyl (C=O) groups excluding carboxylic acids is 1. The number of aryl methyl sites for hydroxylation is 1. The molecule has 1 N–H and O–H groups in total. The largest absolute Gasteiger partial charge is 0.486 e. The van der Waals surface area contributed by atoms with Crippen molar-refractivity contribution in [1.29, 1.82) is 0 Å². The average molecular weight is 346 g/mol. The molecule has 3 rings (SSSR count). The molecule has 0 aliphatic rings. The molecule has 0 unspecified atom stereocenters. The van der Waals surface area contributed by atoms with Gasteiger partial charge in [0.15, 0.2) is 5.76 Å². The van der Waals surface area contributed by atoms with E-state index in [9.17, 15) is 4.79 Å². The molecule has 24 heavy (non-hydrogen) atoms. The zero-order valence-electron chi connectivity index (χ0n) is 13.0. The molecule has 1 aromatic carbocycles. The van der Waals surface area contributed by atoms with E-state index in [2.05, 4.69) is 10.4 Å². The summed E-state index contributed by atoms with van der Waals surface area (Å²) in [7, 11) is 1.82. The van der Waals surface area contributed by atoms with Crippen molar-refractivity contribution in [1.82, 2.24) is 15.1 Å². The summed E-state index contributed by atoms with van der Waals surface area (Å²) in [5.74, 6) is 1.15. The van der Waals surface area contributed by atoms with E-state index < -0.39 is 0 Å². The normalized spacial score (nSPS) is 10.6. The number of nitrogens with one attached hydrogen (secondary N) is 1. The van der Waals surface area contributed by atoms with Gasteiger partial charge in [-0.25, -0.2) is 0 Å². The highest BCUT2D eigenvalue weighted by Crippen LogP contribution is 2.19. The summed E-state index contributed by atoms with van der Waals surface area (Å²) in [6, 6.07) is 12.3. The molecule has 6 nitrogen and oxygen atoms in total. The van der Waals surface area contributed by atoms with Crippen LogP contribution in [-0.2, 0) is 20.2 Å². The van der Waals surface area contributed by atoms with Crippen molar-refractivity contribution >= 4 is 17.5 Å². The molecule has 0 fully saturated rings. The van der Waals surface area contributed by atoms with Gasteiger partial charge in [-0.3, -0.25) is 9.48 Å². The van der Waals surface area contributed by atoms with Gasteiger partial charge in [-0.2, -0.15) is 5.10 Å². The van der Waals surface area contributed by atoms with Crippen LogP contribution in [0, 0.1) is 0 Å². The van der Waals surface area contributed by atoms with Crippen LogP contribution in [0.3, 0.4) is 0 Å². The highest BCUT2D eigenvalue weighted by molar-refractivity contribution is 6.30. The topological polar surface area (TPSA) is 69.3 Å². The van der Waals surface area contributed by atoms with Crippen LogP contribution in [0.1, 0.15) is 22.0 Å². The van der Waals surface area contributed by atoms with Gasteiger partial charge in [-0.05, 0) is 36.4 Å². The molecule has 0 aliphatic carbocycles. The van der Waals surface area contributed by atoms with E-state index in [-0.39, 0.29) is 18.3 Å². The molecule has 0 bridgehead atoms. The van der Waals surface area contributed by atoms with E-state index in [1.165, 1.54) is 0 Å².